The molecule has 1 heterocycles. The molecule has 2 aromatic rings. The number of likely N-dealkylation sites (N-methyl/N-ethyl adjacent to an activating group) is 1. The van der Waals surface area contributed by atoms with Gasteiger partial charge in [0.05, 0.1) is 6.26 Å². The van der Waals surface area contributed by atoms with Crippen molar-refractivity contribution in [1.82, 2.24) is 4.90 Å². The Hall–Kier alpha value is -1.21. The van der Waals surface area contributed by atoms with E-state index in [1.54, 1.807) is 0 Å². The fraction of sp³-hybridized carbons (Fsp3) is 0.429. The Kier molecular flexibility index (Phi) is 5.18. The van der Waals surface area contributed by atoms with Gasteiger partial charge in [-0.15, -0.1) is 0 Å². The van der Waals surface area contributed by atoms with E-state index >= 15 is 0 Å². The maximum Gasteiger partial charge on any atom is 0.265 e. The zero-order valence-electron chi connectivity index (χ0n) is 15.5. The summed E-state index contributed by atoms with van der Waals surface area (Å²) in [6.07, 6.45) is 3.64. The molecule has 2 aliphatic rings. The van der Waals surface area contributed by atoms with E-state index in [1.165, 1.54) is 16.7 Å². The molecule has 27 heavy (non-hydrogen) atoms. The van der Waals surface area contributed by atoms with Crippen LogP contribution in [0.1, 0.15) is 29.0 Å². The van der Waals surface area contributed by atoms with Crippen molar-refractivity contribution < 1.29 is 12.6 Å². The first-order chi connectivity index (χ1) is 12.8. The van der Waals surface area contributed by atoms with Gasteiger partial charge in [0.15, 0.2) is 0 Å². The summed E-state index contributed by atoms with van der Waals surface area (Å²) in [5.74, 6) is 0.436. The summed E-state index contributed by atoms with van der Waals surface area (Å²) < 4.78 is 30.6. The highest BCUT2D eigenvalue weighted by molar-refractivity contribution is 9.10. The zero-order valence-corrected chi connectivity index (χ0v) is 17.9. The Morgan fingerprint density at radius 1 is 1.19 bits per heavy atom. The molecule has 2 aromatic carbocycles. The van der Waals surface area contributed by atoms with Gasteiger partial charge in [-0.05, 0) is 61.1 Å². The molecule has 0 bridgehead atoms. The third-order valence-electron chi connectivity index (χ3n) is 5.96. The number of rotatable bonds is 4. The van der Waals surface area contributed by atoms with Crippen molar-refractivity contribution in [2.45, 2.75) is 37.5 Å². The molecule has 4 rings (SSSR count). The third-order valence-corrected chi connectivity index (χ3v) is 7.00. The van der Waals surface area contributed by atoms with Crippen molar-refractivity contribution in [3.63, 3.8) is 0 Å². The molecule has 0 spiro atoms. The first kappa shape index (κ1) is 19.1. The SMILES string of the molecule is CN1C(Cc2ccccc2)C2CCc3cc(Br)ccc3C2C1OS(C)(=O)=O. The molecule has 1 saturated heterocycles. The van der Waals surface area contributed by atoms with Crippen LogP contribution in [0.25, 0.3) is 0 Å². The molecule has 1 fully saturated rings. The predicted molar refractivity (Wildman–Crippen MR) is 110 cm³/mol. The molecular weight excluding hydrogens is 426 g/mol. The molecule has 144 valence electrons. The lowest BCUT2D eigenvalue weighted by Crippen LogP contribution is -2.38. The van der Waals surface area contributed by atoms with E-state index < -0.39 is 16.3 Å². The summed E-state index contributed by atoms with van der Waals surface area (Å²) in [7, 11) is -1.55. The molecular formula is C21H24BrNO3S. The third kappa shape index (κ3) is 3.86. The van der Waals surface area contributed by atoms with Crippen molar-refractivity contribution in [3.05, 3.63) is 69.7 Å². The minimum atomic E-state index is -3.55. The molecule has 0 saturated carbocycles. The number of hydrogen-bond donors (Lipinski definition) is 0. The summed E-state index contributed by atoms with van der Waals surface area (Å²) in [6.45, 7) is 0. The van der Waals surface area contributed by atoms with E-state index in [9.17, 15) is 8.42 Å². The fourth-order valence-electron chi connectivity index (χ4n) is 4.85. The lowest BCUT2D eigenvalue weighted by molar-refractivity contribution is 0.0564. The Balaban J connectivity index is 1.73. The number of aryl methyl sites for hydroxylation is 1. The summed E-state index contributed by atoms with van der Waals surface area (Å²) in [6, 6.07) is 17.0. The van der Waals surface area contributed by atoms with Gasteiger partial charge in [0.1, 0.15) is 6.23 Å². The number of nitrogens with zero attached hydrogens (tertiary/aromatic N) is 1. The van der Waals surface area contributed by atoms with Crippen LogP contribution < -0.4 is 0 Å². The van der Waals surface area contributed by atoms with Crippen molar-refractivity contribution in [3.8, 4) is 0 Å². The quantitative estimate of drug-likeness (QED) is 0.662. The molecule has 6 heteroatoms. The van der Waals surface area contributed by atoms with Gasteiger partial charge in [0.2, 0.25) is 0 Å². The Morgan fingerprint density at radius 2 is 1.93 bits per heavy atom. The molecule has 4 atom stereocenters. The van der Waals surface area contributed by atoms with E-state index in [-0.39, 0.29) is 12.0 Å². The number of fused-ring (bicyclic) bond motifs is 3. The van der Waals surface area contributed by atoms with Gasteiger partial charge in [-0.25, -0.2) is 0 Å². The minimum absolute atomic E-state index is 0.0651. The minimum Gasteiger partial charge on any atom is -0.276 e. The van der Waals surface area contributed by atoms with E-state index in [1.807, 2.05) is 19.2 Å². The highest BCUT2D eigenvalue weighted by atomic mass is 79.9. The predicted octanol–water partition coefficient (Wildman–Crippen LogP) is 3.95. The highest BCUT2D eigenvalue weighted by Gasteiger charge is 2.51. The van der Waals surface area contributed by atoms with Crippen LogP contribution in [0.15, 0.2) is 53.0 Å². The second kappa shape index (κ2) is 7.32. The van der Waals surface area contributed by atoms with Crippen LogP contribution >= 0.6 is 15.9 Å². The van der Waals surface area contributed by atoms with Crippen LogP contribution in [-0.4, -0.2) is 38.9 Å². The molecule has 4 unspecified atom stereocenters. The van der Waals surface area contributed by atoms with Crippen molar-refractivity contribution in [1.29, 1.82) is 0 Å². The monoisotopic (exact) mass is 449 g/mol. The molecule has 0 N–H and O–H groups in total. The van der Waals surface area contributed by atoms with E-state index in [2.05, 4.69) is 57.2 Å². The van der Waals surface area contributed by atoms with Gasteiger partial charge in [-0.3, -0.25) is 9.08 Å². The molecule has 4 nitrogen and oxygen atoms in total. The van der Waals surface area contributed by atoms with Crippen LogP contribution in [0.4, 0.5) is 0 Å². The zero-order chi connectivity index (χ0) is 19.2. The molecule has 1 aliphatic carbocycles. The normalized spacial score (nSPS) is 28.0. The standard InChI is InChI=1S/C21H24BrNO3S/c1-23-19(12-14-6-4-3-5-7-14)18-10-8-15-13-16(22)9-11-17(15)20(18)21(23)26-27(2,24)25/h3-7,9,11,13,18-21H,8,10,12H2,1-2H3. The molecule has 0 aromatic heterocycles. The Labute approximate surface area is 169 Å². The Bertz CT molecular complexity index is 932. The summed E-state index contributed by atoms with van der Waals surface area (Å²) in [5, 5.41) is 0. The second-order valence-electron chi connectivity index (χ2n) is 7.68. The van der Waals surface area contributed by atoms with Gasteiger partial charge in [0.25, 0.3) is 10.1 Å². The Morgan fingerprint density at radius 3 is 2.63 bits per heavy atom. The maximum absolute atomic E-state index is 12.0. The lowest BCUT2D eigenvalue weighted by Gasteiger charge is -2.32. The maximum atomic E-state index is 12.0. The van der Waals surface area contributed by atoms with E-state index in [0.717, 1.165) is 30.0 Å². The van der Waals surface area contributed by atoms with Gasteiger partial charge in [0, 0.05) is 16.4 Å². The average molecular weight is 450 g/mol. The summed E-state index contributed by atoms with van der Waals surface area (Å²) in [4.78, 5) is 2.14. The highest BCUT2D eigenvalue weighted by Crippen LogP contribution is 2.49. The molecule has 0 radical (unpaired) electrons. The largest absolute Gasteiger partial charge is 0.276 e. The summed E-state index contributed by atoms with van der Waals surface area (Å²) >= 11 is 3.56. The smallest absolute Gasteiger partial charge is 0.265 e. The molecule has 1 aliphatic heterocycles. The van der Waals surface area contributed by atoms with Gasteiger partial charge >= 0.3 is 0 Å². The van der Waals surface area contributed by atoms with E-state index in [0.29, 0.717) is 5.92 Å². The summed E-state index contributed by atoms with van der Waals surface area (Å²) in [5.41, 5.74) is 3.79. The first-order valence-electron chi connectivity index (χ1n) is 9.26. The number of benzene rings is 2. The van der Waals surface area contributed by atoms with Crippen molar-refractivity contribution in [2.75, 3.05) is 13.3 Å². The first-order valence-corrected chi connectivity index (χ1v) is 11.9. The number of likely N-dealkylation sites (tertiary alicyclic amines) is 1. The van der Waals surface area contributed by atoms with E-state index in [4.69, 9.17) is 4.18 Å². The van der Waals surface area contributed by atoms with Crippen LogP contribution in [0.3, 0.4) is 0 Å². The van der Waals surface area contributed by atoms with Crippen molar-refractivity contribution >= 4 is 26.0 Å². The van der Waals surface area contributed by atoms with Crippen LogP contribution in [-0.2, 0) is 27.1 Å². The number of hydrogen-bond acceptors (Lipinski definition) is 4. The lowest BCUT2D eigenvalue weighted by atomic mass is 9.73. The average Bonchev–Trinajstić information content (AvgIpc) is 2.87. The van der Waals surface area contributed by atoms with Crippen LogP contribution in [0.5, 0.6) is 0 Å². The van der Waals surface area contributed by atoms with Crippen LogP contribution in [0, 0.1) is 5.92 Å². The number of halogens is 1. The van der Waals surface area contributed by atoms with Crippen molar-refractivity contribution in [2.24, 2.45) is 5.92 Å². The fourth-order valence-corrected chi connectivity index (χ4v) is 5.87. The van der Waals surface area contributed by atoms with Gasteiger partial charge < -0.3 is 0 Å². The molecule has 0 amide bonds. The second-order valence-corrected chi connectivity index (χ2v) is 10.2. The van der Waals surface area contributed by atoms with Crippen LogP contribution in [0.2, 0.25) is 0 Å². The topological polar surface area (TPSA) is 46.6 Å². The van der Waals surface area contributed by atoms with Gasteiger partial charge in [-0.2, -0.15) is 8.42 Å². The van der Waals surface area contributed by atoms with Gasteiger partial charge in [-0.1, -0.05) is 52.3 Å².